The molecule has 0 aromatic heterocycles. The van der Waals surface area contributed by atoms with Gasteiger partial charge in [0.25, 0.3) is 11.4 Å². The Morgan fingerprint density at radius 3 is 2.06 bits per heavy atom. The summed E-state index contributed by atoms with van der Waals surface area (Å²) in [4.78, 5) is 33.4. The zero-order valence-corrected chi connectivity index (χ0v) is 18.3. The zero-order valence-electron chi connectivity index (χ0n) is 17.5. The van der Waals surface area contributed by atoms with Crippen LogP contribution in [0.1, 0.15) is 24.0 Å². The van der Waals surface area contributed by atoms with Gasteiger partial charge in [0.1, 0.15) is 0 Å². The Morgan fingerprint density at radius 2 is 1.50 bits per heavy atom. The van der Waals surface area contributed by atoms with Crippen molar-refractivity contribution in [3.05, 3.63) is 67.8 Å². The van der Waals surface area contributed by atoms with E-state index in [-0.39, 0.29) is 48.1 Å². The average molecular weight is 462 g/mol. The molecule has 0 spiro atoms. The number of sulfonamides is 1. The predicted octanol–water partition coefficient (Wildman–Crippen LogP) is 3.16. The number of carbonyl (C=O) groups excluding carboxylic acids is 1. The number of nitro benzene ring substituents is 2. The summed E-state index contributed by atoms with van der Waals surface area (Å²) in [5.41, 5.74) is 0.961. The molecule has 0 radical (unpaired) electrons. The number of anilines is 1. The fourth-order valence-corrected chi connectivity index (χ4v) is 5.28. The van der Waals surface area contributed by atoms with Gasteiger partial charge in [0.05, 0.1) is 20.4 Å². The minimum atomic E-state index is -3.96. The number of aryl methyl sites for hydroxylation is 2. The standard InChI is InChI=1S/C20H22N4O7S/c1-13-3-5-16(23(26)27)11-18(13)21-20(25)15-7-9-22(10-8-15)32(30,31)19-12-17(24(28)29)6-4-14(19)2/h3-6,11-12,15H,7-10H2,1-2H3,(H,21,25). The topological polar surface area (TPSA) is 153 Å². The highest BCUT2D eigenvalue weighted by atomic mass is 32.2. The number of amides is 1. The summed E-state index contributed by atoms with van der Waals surface area (Å²) in [6.07, 6.45) is 0.514. The Hall–Kier alpha value is -3.38. The average Bonchev–Trinajstić information content (AvgIpc) is 2.75. The van der Waals surface area contributed by atoms with Gasteiger partial charge in [-0.1, -0.05) is 12.1 Å². The first-order chi connectivity index (χ1) is 15.0. The second kappa shape index (κ2) is 9.01. The molecule has 0 aliphatic carbocycles. The van der Waals surface area contributed by atoms with Crippen molar-refractivity contribution in [2.24, 2.45) is 5.92 Å². The lowest BCUT2D eigenvalue weighted by molar-refractivity contribution is -0.385. The summed E-state index contributed by atoms with van der Waals surface area (Å²) < 4.78 is 27.3. The van der Waals surface area contributed by atoms with E-state index in [0.717, 1.165) is 6.07 Å². The van der Waals surface area contributed by atoms with Crippen molar-refractivity contribution in [3.8, 4) is 0 Å². The van der Waals surface area contributed by atoms with E-state index in [9.17, 15) is 33.4 Å². The summed E-state index contributed by atoms with van der Waals surface area (Å²) in [6, 6.07) is 7.88. The Bertz CT molecular complexity index is 1190. The molecule has 11 nitrogen and oxygen atoms in total. The van der Waals surface area contributed by atoms with Crippen LogP contribution in [0.3, 0.4) is 0 Å². The molecule has 2 aromatic carbocycles. The molecule has 2 aromatic rings. The molecule has 1 amide bonds. The normalized spacial score (nSPS) is 15.3. The molecular formula is C20H22N4O7S. The first-order valence-corrected chi connectivity index (χ1v) is 11.3. The van der Waals surface area contributed by atoms with E-state index in [1.807, 2.05) is 0 Å². The summed E-state index contributed by atoms with van der Waals surface area (Å²) in [7, 11) is -3.96. The minimum absolute atomic E-state index is 0.0798. The van der Waals surface area contributed by atoms with Crippen LogP contribution in [0.25, 0.3) is 0 Å². The Balaban J connectivity index is 1.70. The van der Waals surface area contributed by atoms with Gasteiger partial charge in [-0.3, -0.25) is 25.0 Å². The van der Waals surface area contributed by atoms with E-state index in [1.54, 1.807) is 19.9 Å². The lowest BCUT2D eigenvalue weighted by Gasteiger charge is -2.31. The number of nitrogens with zero attached hydrogens (tertiary/aromatic N) is 3. The molecule has 0 atom stereocenters. The van der Waals surface area contributed by atoms with Gasteiger partial charge in [-0.15, -0.1) is 0 Å². The van der Waals surface area contributed by atoms with Crippen molar-refractivity contribution in [1.29, 1.82) is 0 Å². The molecule has 1 aliphatic heterocycles. The van der Waals surface area contributed by atoms with Gasteiger partial charge in [-0.2, -0.15) is 4.31 Å². The highest BCUT2D eigenvalue weighted by molar-refractivity contribution is 7.89. The second-order valence-electron chi connectivity index (χ2n) is 7.63. The lowest BCUT2D eigenvalue weighted by atomic mass is 9.97. The number of nitro groups is 2. The van der Waals surface area contributed by atoms with Gasteiger partial charge < -0.3 is 5.32 Å². The Morgan fingerprint density at radius 1 is 0.969 bits per heavy atom. The smallest absolute Gasteiger partial charge is 0.271 e. The van der Waals surface area contributed by atoms with E-state index in [4.69, 9.17) is 0 Å². The van der Waals surface area contributed by atoms with Crippen LogP contribution >= 0.6 is 0 Å². The van der Waals surface area contributed by atoms with Crippen LogP contribution in [-0.4, -0.2) is 41.6 Å². The van der Waals surface area contributed by atoms with Crippen LogP contribution in [0.4, 0.5) is 17.1 Å². The number of non-ortho nitro benzene ring substituents is 2. The maximum absolute atomic E-state index is 13.0. The van der Waals surface area contributed by atoms with Gasteiger partial charge in [-0.05, 0) is 37.8 Å². The first kappa shape index (κ1) is 23.3. The van der Waals surface area contributed by atoms with Gasteiger partial charge in [0, 0.05) is 43.3 Å². The number of hydrogen-bond acceptors (Lipinski definition) is 7. The molecule has 0 unspecified atom stereocenters. The van der Waals surface area contributed by atoms with Crippen molar-refractivity contribution < 1.29 is 23.1 Å². The van der Waals surface area contributed by atoms with E-state index in [1.165, 1.54) is 28.6 Å². The molecule has 1 heterocycles. The number of carbonyl (C=O) groups is 1. The van der Waals surface area contributed by atoms with Gasteiger partial charge in [0.15, 0.2) is 0 Å². The van der Waals surface area contributed by atoms with Crippen LogP contribution in [-0.2, 0) is 14.8 Å². The number of benzene rings is 2. The van der Waals surface area contributed by atoms with Gasteiger partial charge >= 0.3 is 0 Å². The molecule has 32 heavy (non-hydrogen) atoms. The molecule has 1 N–H and O–H groups in total. The second-order valence-corrected chi connectivity index (χ2v) is 9.54. The Kier molecular flexibility index (Phi) is 6.55. The van der Waals surface area contributed by atoms with Crippen LogP contribution < -0.4 is 5.32 Å². The third-order valence-electron chi connectivity index (χ3n) is 5.51. The first-order valence-electron chi connectivity index (χ1n) is 9.82. The van der Waals surface area contributed by atoms with Crippen molar-refractivity contribution >= 4 is 33.0 Å². The highest BCUT2D eigenvalue weighted by Crippen LogP contribution is 2.29. The molecule has 0 saturated carbocycles. The number of nitrogens with one attached hydrogen (secondary N) is 1. The third-order valence-corrected chi connectivity index (χ3v) is 7.56. The largest absolute Gasteiger partial charge is 0.325 e. The SMILES string of the molecule is Cc1ccc([N+](=O)[O-])cc1NC(=O)C1CCN(S(=O)(=O)c2cc([N+](=O)[O-])ccc2C)CC1. The van der Waals surface area contributed by atoms with Crippen molar-refractivity contribution in [2.45, 2.75) is 31.6 Å². The van der Waals surface area contributed by atoms with E-state index in [0.29, 0.717) is 16.8 Å². The van der Waals surface area contributed by atoms with Crippen molar-refractivity contribution in [2.75, 3.05) is 18.4 Å². The fraction of sp³-hybridized carbons (Fsp3) is 0.350. The minimum Gasteiger partial charge on any atom is -0.325 e. The van der Waals surface area contributed by atoms with Crippen molar-refractivity contribution in [3.63, 3.8) is 0 Å². The highest BCUT2D eigenvalue weighted by Gasteiger charge is 2.33. The molecular weight excluding hydrogens is 440 g/mol. The van der Waals surface area contributed by atoms with E-state index >= 15 is 0 Å². The predicted molar refractivity (Wildman–Crippen MR) is 116 cm³/mol. The molecule has 1 fully saturated rings. The van der Waals surface area contributed by atoms with Gasteiger partial charge in [-0.25, -0.2) is 8.42 Å². The molecule has 1 saturated heterocycles. The number of rotatable bonds is 6. The monoisotopic (exact) mass is 462 g/mol. The Labute approximate surface area is 184 Å². The van der Waals surface area contributed by atoms with E-state index in [2.05, 4.69) is 5.32 Å². The molecule has 170 valence electrons. The number of piperidine rings is 1. The molecule has 12 heteroatoms. The summed E-state index contributed by atoms with van der Waals surface area (Å²) >= 11 is 0. The van der Waals surface area contributed by atoms with E-state index < -0.39 is 25.8 Å². The van der Waals surface area contributed by atoms with Gasteiger partial charge in [0.2, 0.25) is 15.9 Å². The van der Waals surface area contributed by atoms with Crippen LogP contribution in [0.15, 0.2) is 41.3 Å². The quantitative estimate of drug-likeness (QED) is 0.511. The summed E-state index contributed by atoms with van der Waals surface area (Å²) in [5.74, 6) is -0.802. The molecule has 3 rings (SSSR count). The van der Waals surface area contributed by atoms with Crippen LogP contribution in [0.2, 0.25) is 0 Å². The fourth-order valence-electron chi connectivity index (χ4n) is 3.57. The zero-order chi connectivity index (χ0) is 23.6. The van der Waals surface area contributed by atoms with Crippen LogP contribution in [0, 0.1) is 40.0 Å². The number of hydrogen-bond donors (Lipinski definition) is 1. The molecule has 0 bridgehead atoms. The van der Waals surface area contributed by atoms with Crippen molar-refractivity contribution in [1.82, 2.24) is 4.31 Å². The third kappa shape index (κ3) is 4.75. The summed E-state index contributed by atoms with van der Waals surface area (Å²) in [5, 5.41) is 24.7. The maximum atomic E-state index is 13.0. The lowest BCUT2D eigenvalue weighted by Crippen LogP contribution is -2.41. The molecule has 1 aliphatic rings. The maximum Gasteiger partial charge on any atom is 0.271 e. The summed E-state index contributed by atoms with van der Waals surface area (Å²) in [6.45, 7) is 3.45. The van der Waals surface area contributed by atoms with Crippen LogP contribution in [0.5, 0.6) is 0 Å².